The average molecular weight is 493 g/mol. The van der Waals surface area contributed by atoms with E-state index in [4.69, 9.17) is 0 Å². The quantitative estimate of drug-likeness (QED) is 0.480. The number of urea groups is 1. The molecule has 0 bridgehead atoms. The smallest absolute Gasteiger partial charge is 0.319 e. The molecule has 1 aromatic heterocycles. The van der Waals surface area contributed by atoms with Crippen molar-refractivity contribution in [3.05, 3.63) is 53.5 Å². The van der Waals surface area contributed by atoms with Crippen LogP contribution in [0.2, 0.25) is 0 Å². The van der Waals surface area contributed by atoms with E-state index in [-0.39, 0.29) is 17.8 Å². The third-order valence-electron chi connectivity index (χ3n) is 6.26. The van der Waals surface area contributed by atoms with E-state index in [9.17, 15) is 10.1 Å². The number of hydrazine groups is 1. The van der Waals surface area contributed by atoms with Crippen LogP contribution in [0.4, 0.5) is 10.6 Å². The molecule has 1 saturated heterocycles. The van der Waals surface area contributed by atoms with Crippen molar-refractivity contribution in [1.29, 1.82) is 5.26 Å². The molecule has 9 heteroatoms. The van der Waals surface area contributed by atoms with E-state index in [1.165, 1.54) is 5.56 Å². The second-order valence-corrected chi connectivity index (χ2v) is 9.94. The zero-order chi connectivity index (χ0) is 25.9. The van der Waals surface area contributed by atoms with Crippen LogP contribution in [0.1, 0.15) is 50.6 Å². The Morgan fingerprint density at radius 1 is 1.14 bits per heavy atom. The van der Waals surface area contributed by atoms with Crippen molar-refractivity contribution >= 4 is 11.8 Å². The summed E-state index contributed by atoms with van der Waals surface area (Å²) >= 11 is 0. The third-order valence-corrected chi connectivity index (χ3v) is 6.26. The van der Waals surface area contributed by atoms with Crippen molar-refractivity contribution in [1.82, 2.24) is 30.1 Å². The highest BCUT2D eigenvalue weighted by Gasteiger charge is 2.20. The molecule has 0 spiro atoms. The Morgan fingerprint density at radius 2 is 1.83 bits per heavy atom. The van der Waals surface area contributed by atoms with Crippen molar-refractivity contribution < 1.29 is 4.79 Å². The number of nitrogens with one attached hydrogen (secondary N) is 1. The number of nitrogens with zero attached hydrogens (tertiary/aromatic N) is 7. The number of anilines is 1. The van der Waals surface area contributed by atoms with Gasteiger partial charge in [0.15, 0.2) is 5.82 Å². The second-order valence-electron chi connectivity index (χ2n) is 9.94. The standard InChI is InChI=1S/C27H40N8O/c1-5-6-13-34(21-24-9-7-23(8-10-24)20-33-16-14-32(4)15-17-33)27(36)31-35(19-22(2)3)26-11-12-29-25(18-28)30-26/h7-12,22H,5-6,13-17,19-21H2,1-4H3,(H,31,36). The maximum atomic E-state index is 13.4. The molecule has 1 aromatic carbocycles. The number of likely N-dealkylation sites (N-methyl/N-ethyl adjacent to an activating group) is 1. The van der Waals surface area contributed by atoms with Crippen molar-refractivity contribution in [2.45, 2.75) is 46.7 Å². The number of benzene rings is 1. The number of rotatable bonds is 11. The van der Waals surface area contributed by atoms with Crippen molar-refractivity contribution in [3.63, 3.8) is 0 Å². The summed E-state index contributed by atoms with van der Waals surface area (Å²) in [5, 5.41) is 10.9. The molecule has 1 fully saturated rings. The van der Waals surface area contributed by atoms with Gasteiger partial charge < -0.3 is 9.80 Å². The Bertz CT molecular complexity index is 996. The van der Waals surface area contributed by atoms with Crippen LogP contribution in [-0.2, 0) is 13.1 Å². The van der Waals surface area contributed by atoms with E-state index in [2.05, 4.69) is 77.3 Å². The SMILES string of the molecule is CCCCN(Cc1ccc(CN2CCN(C)CC2)cc1)C(=O)NN(CC(C)C)c1ccnc(C#N)n1. The van der Waals surface area contributed by atoms with Crippen LogP contribution in [0.25, 0.3) is 0 Å². The van der Waals surface area contributed by atoms with Crippen molar-refractivity contribution in [2.75, 3.05) is 51.3 Å². The topological polar surface area (TPSA) is 91.6 Å². The first-order valence-electron chi connectivity index (χ1n) is 12.9. The summed E-state index contributed by atoms with van der Waals surface area (Å²) in [7, 11) is 2.17. The molecule has 36 heavy (non-hydrogen) atoms. The van der Waals surface area contributed by atoms with Crippen LogP contribution >= 0.6 is 0 Å². The molecule has 194 valence electrons. The first-order valence-corrected chi connectivity index (χ1v) is 12.9. The molecule has 0 saturated carbocycles. The van der Waals surface area contributed by atoms with Gasteiger partial charge in [-0.3, -0.25) is 9.91 Å². The molecular formula is C27H40N8O. The molecule has 2 amide bonds. The van der Waals surface area contributed by atoms with Gasteiger partial charge >= 0.3 is 6.03 Å². The van der Waals surface area contributed by atoms with Gasteiger partial charge in [0, 0.05) is 64.6 Å². The lowest BCUT2D eigenvalue weighted by Gasteiger charge is -2.32. The van der Waals surface area contributed by atoms with Gasteiger partial charge in [0.05, 0.1) is 0 Å². The van der Waals surface area contributed by atoms with Gasteiger partial charge in [-0.25, -0.2) is 15.2 Å². The molecule has 1 aliphatic rings. The predicted octanol–water partition coefficient (Wildman–Crippen LogP) is 3.48. The maximum absolute atomic E-state index is 13.4. The highest BCUT2D eigenvalue weighted by Crippen LogP contribution is 2.14. The van der Waals surface area contributed by atoms with Crippen molar-refractivity contribution in [3.8, 4) is 6.07 Å². The summed E-state index contributed by atoms with van der Waals surface area (Å²) in [6.45, 7) is 13.4. The van der Waals surface area contributed by atoms with Gasteiger partial charge in [-0.2, -0.15) is 10.2 Å². The number of amides is 2. The normalized spacial score (nSPS) is 14.4. The Hall–Kier alpha value is -3.22. The number of carbonyl (C=O) groups is 1. The summed E-state index contributed by atoms with van der Waals surface area (Å²) in [5.41, 5.74) is 5.43. The van der Waals surface area contributed by atoms with Crippen LogP contribution in [0.15, 0.2) is 36.5 Å². The van der Waals surface area contributed by atoms with Gasteiger partial charge in [0.1, 0.15) is 6.07 Å². The Kier molecular flexibility index (Phi) is 10.5. The zero-order valence-corrected chi connectivity index (χ0v) is 22.2. The predicted molar refractivity (Wildman–Crippen MR) is 142 cm³/mol. The van der Waals surface area contributed by atoms with Crippen LogP contribution in [0.3, 0.4) is 0 Å². The molecule has 0 radical (unpaired) electrons. The lowest BCUT2D eigenvalue weighted by Crippen LogP contribution is -2.51. The summed E-state index contributed by atoms with van der Waals surface area (Å²) in [5.74, 6) is 0.866. The summed E-state index contributed by atoms with van der Waals surface area (Å²) in [4.78, 5) is 28.3. The number of aromatic nitrogens is 2. The first-order chi connectivity index (χ1) is 17.4. The lowest BCUT2D eigenvalue weighted by atomic mass is 10.1. The Morgan fingerprint density at radius 3 is 2.47 bits per heavy atom. The maximum Gasteiger partial charge on any atom is 0.336 e. The number of hydrogen-bond donors (Lipinski definition) is 1. The minimum absolute atomic E-state index is 0.0787. The van der Waals surface area contributed by atoms with Crippen LogP contribution in [0.5, 0.6) is 0 Å². The van der Waals surface area contributed by atoms with E-state index in [0.717, 1.165) is 51.1 Å². The van der Waals surface area contributed by atoms with E-state index in [0.29, 0.717) is 25.5 Å². The van der Waals surface area contributed by atoms with Crippen LogP contribution in [0, 0.1) is 17.2 Å². The number of carbonyl (C=O) groups excluding carboxylic acids is 1. The van der Waals surface area contributed by atoms with Crippen LogP contribution in [-0.4, -0.2) is 77.0 Å². The van der Waals surface area contributed by atoms with Gasteiger partial charge in [-0.1, -0.05) is 51.5 Å². The summed E-state index contributed by atoms with van der Waals surface area (Å²) in [6, 6.07) is 12.1. The minimum atomic E-state index is -0.178. The summed E-state index contributed by atoms with van der Waals surface area (Å²) in [6.07, 6.45) is 3.46. The summed E-state index contributed by atoms with van der Waals surface area (Å²) < 4.78 is 0. The number of piperazine rings is 1. The minimum Gasteiger partial charge on any atom is -0.319 e. The number of nitriles is 1. The number of unbranched alkanes of at least 4 members (excludes halogenated alkanes) is 1. The highest BCUT2D eigenvalue weighted by atomic mass is 16.2. The van der Waals surface area contributed by atoms with Gasteiger partial charge in [0.2, 0.25) is 5.82 Å². The number of hydrogen-bond acceptors (Lipinski definition) is 7. The van der Waals surface area contributed by atoms with Crippen molar-refractivity contribution in [2.24, 2.45) is 5.92 Å². The molecule has 2 aromatic rings. The second kappa shape index (κ2) is 13.8. The monoisotopic (exact) mass is 492 g/mol. The Labute approximate surface area is 215 Å². The van der Waals surface area contributed by atoms with E-state index >= 15 is 0 Å². The molecule has 0 aliphatic carbocycles. The van der Waals surface area contributed by atoms with E-state index in [1.54, 1.807) is 17.3 Å². The lowest BCUT2D eigenvalue weighted by molar-refractivity contribution is 0.148. The molecule has 3 rings (SSSR count). The third kappa shape index (κ3) is 8.47. The van der Waals surface area contributed by atoms with E-state index in [1.807, 2.05) is 11.0 Å². The molecule has 9 nitrogen and oxygen atoms in total. The molecule has 2 heterocycles. The molecular weight excluding hydrogens is 452 g/mol. The van der Waals surface area contributed by atoms with Gasteiger partial charge in [-0.05, 0) is 30.5 Å². The fourth-order valence-corrected chi connectivity index (χ4v) is 4.14. The average Bonchev–Trinajstić information content (AvgIpc) is 2.88. The largest absolute Gasteiger partial charge is 0.336 e. The van der Waals surface area contributed by atoms with E-state index < -0.39 is 0 Å². The van der Waals surface area contributed by atoms with Crippen LogP contribution < -0.4 is 10.4 Å². The first kappa shape index (κ1) is 27.4. The highest BCUT2D eigenvalue weighted by molar-refractivity contribution is 5.76. The molecule has 0 unspecified atom stereocenters. The zero-order valence-electron chi connectivity index (χ0n) is 22.2. The fraction of sp³-hybridized carbons (Fsp3) is 0.556. The fourth-order valence-electron chi connectivity index (χ4n) is 4.14. The molecule has 1 aliphatic heterocycles. The molecule has 1 N–H and O–H groups in total. The molecule has 0 atom stereocenters. The van der Waals surface area contributed by atoms with Gasteiger partial charge in [0.25, 0.3) is 0 Å². The Balaban J connectivity index is 1.67. The van der Waals surface area contributed by atoms with Gasteiger partial charge in [-0.15, -0.1) is 0 Å².